The SMILES string of the molecule is CC(C)C[C@H](NC(=O)CC(C)O)C(=O)N[C@H](C(=O)N[C@@H](CCC(=O)O)C(=O)O)C(C)C. The topological polar surface area (TPSA) is 182 Å². The summed E-state index contributed by atoms with van der Waals surface area (Å²) >= 11 is 0. The summed E-state index contributed by atoms with van der Waals surface area (Å²) in [4.78, 5) is 59.5. The molecule has 0 aromatic heterocycles. The first kappa shape index (κ1) is 28.3. The quantitative estimate of drug-likeness (QED) is 0.213. The van der Waals surface area contributed by atoms with E-state index in [1.165, 1.54) is 6.92 Å². The summed E-state index contributed by atoms with van der Waals surface area (Å²) < 4.78 is 0. The van der Waals surface area contributed by atoms with E-state index in [1.807, 2.05) is 13.8 Å². The van der Waals surface area contributed by atoms with Gasteiger partial charge in [0.05, 0.1) is 12.5 Å². The van der Waals surface area contributed by atoms with Crippen LogP contribution in [0.2, 0.25) is 0 Å². The molecule has 1 unspecified atom stereocenters. The number of carboxylic acid groups (broad SMARTS) is 2. The number of aliphatic hydroxyl groups excluding tert-OH is 1. The number of carboxylic acids is 2. The van der Waals surface area contributed by atoms with E-state index in [4.69, 9.17) is 5.11 Å². The second-order valence-corrected chi connectivity index (χ2v) is 8.36. The maximum Gasteiger partial charge on any atom is 0.326 e. The summed E-state index contributed by atoms with van der Waals surface area (Å²) in [5.74, 6) is -4.84. The maximum atomic E-state index is 12.8. The van der Waals surface area contributed by atoms with Gasteiger partial charge in [-0.3, -0.25) is 19.2 Å². The number of nitrogens with one attached hydrogen (secondary N) is 3. The number of hydrogen-bond acceptors (Lipinski definition) is 6. The third-order valence-corrected chi connectivity index (χ3v) is 4.35. The van der Waals surface area contributed by atoms with Gasteiger partial charge >= 0.3 is 11.9 Å². The second kappa shape index (κ2) is 13.6. The minimum atomic E-state index is -1.42. The zero-order valence-electron chi connectivity index (χ0n) is 18.7. The standard InChI is InChI=1S/C20H35N3O8/c1-10(2)8-14(21-15(25)9-12(5)24)18(28)23-17(11(3)4)19(29)22-13(20(30)31)6-7-16(26)27/h10-14,17,24H,6-9H2,1-5H3,(H,21,25)(H,22,29)(H,23,28)(H,26,27)(H,30,31)/t12?,13-,14-,17-/m0/s1. The van der Waals surface area contributed by atoms with Crippen LogP contribution in [-0.2, 0) is 24.0 Å². The van der Waals surface area contributed by atoms with Crippen molar-refractivity contribution in [1.82, 2.24) is 16.0 Å². The maximum absolute atomic E-state index is 12.8. The van der Waals surface area contributed by atoms with Crippen LogP contribution in [0.4, 0.5) is 0 Å². The monoisotopic (exact) mass is 445 g/mol. The lowest BCUT2D eigenvalue weighted by Crippen LogP contribution is -2.57. The van der Waals surface area contributed by atoms with Crippen LogP contribution in [0, 0.1) is 11.8 Å². The second-order valence-electron chi connectivity index (χ2n) is 8.36. The lowest BCUT2D eigenvalue weighted by molar-refractivity contribution is -0.143. The van der Waals surface area contributed by atoms with Gasteiger partial charge in [-0.2, -0.15) is 0 Å². The molecule has 0 aromatic carbocycles. The highest BCUT2D eigenvalue weighted by atomic mass is 16.4. The molecule has 6 N–H and O–H groups in total. The highest BCUT2D eigenvalue weighted by Crippen LogP contribution is 2.09. The predicted octanol–water partition coefficient (Wildman–Crippen LogP) is -0.137. The molecule has 0 aliphatic carbocycles. The summed E-state index contributed by atoms with van der Waals surface area (Å²) in [6.07, 6.45) is -1.52. The third-order valence-electron chi connectivity index (χ3n) is 4.35. The number of rotatable bonds is 14. The zero-order chi connectivity index (χ0) is 24.3. The molecule has 0 radical (unpaired) electrons. The fraction of sp³-hybridized carbons (Fsp3) is 0.750. The number of carbonyl (C=O) groups is 5. The van der Waals surface area contributed by atoms with Crippen molar-refractivity contribution in [2.24, 2.45) is 11.8 Å². The predicted molar refractivity (Wildman–Crippen MR) is 111 cm³/mol. The van der Waals surface area contributed by atoms with Gasteiger partial charge in [-0.05, 0) is 31.6 Å². The van der Waals surface area contributed by atoms with E-state index in [1.54, 1.807) is 13.8 Å². The molecule has 11 heteroatoms. The van der Waals surface area contributed by atoms with Crippen LogP contribution < -0.4 is 16.0 Å². The molecule has 0 aromatic rings. The normalized spacial score (nSPS) is 15.0. The van der Waals surface area contributed by atoms with Gasteiger partial charge < -0.3 is 31.3 Å². The van der Waals surface area contributed by atoms with Gasteiger partial charge in [0.2, 0.25) is 17.7 Å². The molecule has 0 heterocycles. The van der Waals surface area contributed by atoms with E-state index in [2.05, 4.69) is 16.0 Å². The molecule has 178 valence electrons. The van der Waals surface area contributed by atoms with Gasteiger partial charge in [0.15, 0.2) is 0 Å². The molecule has 0 saturated heterocycles. The fourth-order valence-electron chi connectivity index (χ4n) is 2.80. The molecule has 0 rings (SSSR count). The van der Waals surface area contributed by atoms with Crippen molar-refractivity contribution in [2.75, 3.05) is 0 Å². The highest BCUT2D eigenvalue weighted by molar-refractivity contribution is 5.93. The third kappa shape index (κ3) is 11.9. The Hall–Kier alpha value is -2.69. The Labute approximate surface area is 182 Å². The molecule has 31 heavy (non-hydrogen) atoms. The molecule has 4 atom stereocenters. The average molecular weight is 446 g/mol. The molecular formula is C20H35N3O8. The van der Waals surface area contributed by atoms with Crippen molar-refractivity contribution in [1.29, 1.82) is 0 Å². The van der Waals surface area contributed by atoms with Gasteiger partial charge in [0.1, 0.15) is 18.1 Å². The Morgan fingerprint density at radius 2 is 1.39 bits per heavy atom. The van der Waals surface area contributed by atoms with Crippen LogP contribution >= 0.6 is 0 Å². The van der Waals surface area contributed by atoms with E-state index >= 15 is 0 Å². The summed E-state index contributed by atoms with van der Waals surface area (Å²) in [6, 6.07) is -3.45. The lowest BCUT2D eigenvalue weighted by Gasteiger charge is -2.27. The van der Waals surface area contributed by atoms with Crippen molar-refractivity contribution < 1.29 is 39.3 Å². The average Bonchev–Trinajstić information content (AvgIpc) is 2.60. The van der Waals surface area contributed by atoms with Crippen molar-refractivity contribution in [2.45, 2.75) is 84.5 Å². The lowest BCUT2D eigenvalue weighted by atomic mass is 9.99. The molecule has 11 nitrogen and oxygen atoms in total. The Morgan fingerprint density at radius 1 is 0.806 bits per heavy atom. The molecule has 0 fully saturated rings. The van der Waals surface area contributed by atoms with E-state index in [-0.39, 0.29) is 18.8 Å². The molecule has 3 amide bonds. The van der Waals surface area contributed by atoms with Crippen molar-refractivity contribution in [3.63, 3.8) is 0 Å². The number of carbonyl (C=O) groups excluding carboxylic acids is 3. The molecule has 0 saturated carbocycles. The largest absolute Gasteiger partial charge is 0.481 e. The fourth-order valence-corrected chi connectivity index (χ4v) is 2.80. The van der Waals surface area contributed by atoms with E-state index in [0.717, 1.165) is 0 Å². The molecular weight excluding hydrogens is 410 g/mol. The number of amides is 3. The van der Waals surface area contributed by atoms with E-state index in [0.29, 0.717) is 6.42 Å². The summed E-state index contributed by atoms with van der Waals surface area (Å²) in [5.41, 5.74) is 0. The van der Waals surface area contributed by atoms with Crippen molar-refractivity contribution >= 4 is 29.7 Å². The number of hydrogen-bond donors (Lipinski definition) is 6. The Kier molecular flexibility index (Phi) is 12.4. The molecule has 0 aliphatic rings. The number of aliphatic hydroxyl groups is 1. The molecule has 0 aliphatic heterocycles. The van der Waals surface area contributed by atoms with Gasteiger partial charge in [-0.1, -0.05) is 27.7 Å². The number of aliphatic carboxylic acids is 2. The van der Waals surface area contributed by atoms with Gasteiger partial charge in [0.25, 0.3) is 0 Å². The minimum Gasteiger partial charge on any atom is -0.481 e. The van der Waals surface area contributed by atoms with Crippen LogP contribution in [0.25, 0.3) is 0 Å². The highest BCUT2D eigenvalue weighted by Gasteiger charge is 2.31. The van der Waals surface area contributed by atoms with Crippen molar-refractivity contribution in [3.8, 4) is 0 Å². The summed E-state index contributed by atoms with van der Waals surface area (Å²) in [7, 11) is 0. The molecule has 0 bridgehead atoms. The zero-order valence-corrected chi connectivity index (χ0v) is 18.7. The van der Waals surface area contributed by atoms with Gasteiger partial charge in [0, 0.05) is 6.42 Å². The van der Waals surface area contributed by atoms with Crippen LogP contribution in [0.15, 0.2) is 0 Å². The smallest absolute Gasteiger partial charge is 0.326 e. The first-order valence-corrected chi connectivity index (χ1v) is 10.3. The van der Waals surface area contributed by atoms with Crippen LogP contribution in [0.5, 0.6) is 0 Å². The van der Waals surface area contributed by atoms with Gasteiger partial charge in [-0.25, -0.2) is 4.79 Å². The van der Waals surface area contributed by atoms with Crippen LogP contribution in [0.1, 0.15) is 60.3 Å². The summed E-state index contributed by atoms with van der Waals surface area (Å²) in [6.45, 7) is 8.46. The van der Waals surface area contributed by atoms with Crippen molar-refractivity contribution in [3.05, 3.63) is 0 Å². The first-order valence-electron chi connectivity index (χ1n) is 10.3. The Bertz CT molecular complexity index is 648. The first-order chi connectivity index (χ1) is 14.2. The Morgan fingerprint density at radius 3 is 1.81 bits per heavy atom. The minimum absolute atomic E-state index is 0.0429. The van der Waals surface area contributed by atoms with Crippen LogP contribution in [-0.4, -0.2) is 69.2 Å². The van der Waals surface area contributed by atoms with Gasteiger partial charge in [-0.15, -0.1) is 0 Å². The van der Waals surface area contributed by atoms with Crippen LogP contribution in [0.3, 0.4) is 0 Å². The van der Waals surface area contributed by atoms with E-state index in [9.17, 15) is 34.2 Å². The summed E-state index contributed by atoms with van der Waals surface area (Å²) in [5, 5.41) is 34.7. The molecule has 0 spiro atoms. The van der Waals surface area contributed by atoms with E-state index < -0.39 is 66.2 Å². The Balaban J connectivity index is 5.33.